The quantitative estimate of drug-likeness (QED) is 0.512. The lowest BCUT2D eigenvalue weighted by Crippen LogP contribution is -2.42. The normalized spacial score (nSPS) is 11.0. The van der Waals surface area contributed by atoms with Gasteiger partial charge in [-0.25, -0.2) is 23.3 Å². The lowest BCUT2D eigenvalue weighted by Gasteiger charge is -2.15. The van der Waals surface area contributed by atoms with Gasteiger partial charge in [-0.1, -0.05) is 29.8 Å². The molecule has 0 bridgehead atoms. The van der Waals surface area contributed by atoms with E-state index in [0.29, 0.717) is 16.9 Å². The van der Waals surface area contributed by atoms with Gasteiger partial charge in [-0.05, 0) is 55.8 Å². The fraction of sp³-hybridized carbons (Fsp3) is 0.130. The zero-order chi connectivity index (χ0) is 23.0. The summed E-state index contributed by atoms with van der Waals surface area (Å²) >= 11 is 5.75. The molecular formula is C23H18ClFN4O3. The Labute approximate surface area is 186 Å². The van der Waals surface area contributed by atoms with Crippen LogP contribution in [0.4, 0.5) is 10.1 Å². The fourth-order valence-electron chi connectivity index (χ4n) is 3.54. The van der Waals surface area contributed by atoms with Crippen LogP contribution in [0, 0.1) is 19.7 Å². The molecule has 2 aromatic carbocycles. The van der Waals surface area contributed by atoms with Gasteiger partial charge in [0.1, 0.15) is 12.4 Å². The van der Waals surface area contributed by atoms with Crippen LogP contribution < -0.4 is 16.6 Å². The van der Waals surface area contributed by atoms with Crippen molar-refractivity contribution in [3.63, 3.8) is 0 Å². The van der Waals surface area contributed by atoms with Crippen molar-refractivity contribution >= 4 is 34.2 Å². The van der Waals surface area contributed by atoms with Crippen LogP contribution in [-0.2, 0) is 11.3 Å². The van der Waals surface area contributed by atoms with E-state index in [2.05, 4.69) is 10.3 Å². The first-order valence-electron chi connectivity index (χ1n) is 9.70. The van der Waals surface area contributed by atoms with Crippen LogP contribution in [0.5, 0.6) is 0 Å². The number of anilines is 1. The van der Waals surface area contributed by atoms with Gasteiger partial charge in [-0.2, -0.15) is 0 Å². The number of nitrogens with one attached hydrogen (secondary N) is 1. The zero-order valence-corrected chi connectivity index (χ0v) is 18.0. The van der Waals surface area contributed by atoms with E-state index < -0.39 is 29.5 Å². The zero-order valence-electron chi connectivity index (χ0n) is 17.2. The van der Waals surface area contributed by atoms with Gasteiger partial charge in [0.2, 0.25) is 5.91 Å². The van der Waals surface area contributed by atoms with Crippen molar-refractivity contribution in [3.05, 3.63) is 97.5 Å². The second-order valence-corrected chi connectivity index (χ2v) is 7.71. The Kier molecular flexibility index (Phi) is 5.63. The van der Waals surface area contributed by atoms with Crippen molar-refractivity contribution in [2.75, 3.05) is 5.32 Å². The maximum Gasteiger partial charge on any atom is 0.337 e. The topological polar surface area (TPSA) is 86.0 Å². The predicted octanol–water partition coefficient (Wildman–Crippen LogP) is 3.60. The van der Waals surface area contributed by atoms with Crippen LogP contribution >= 0.6 is 11.6 Å². The Hall–Kier alpha value is -3.78. The van der Waals surface area contributed by atoms with E-state index in [-0.39, 0.29) is 21.7 Å². The fourth-order valence-corrected chi connectivity index (χ4v) is 3.72. The number of nitrogens with zero attached hydrogens (tertiary/aromatic N) is 3. The smallest absolute Gasteiger partial charge is 0.324 e. The summed E-state index contributed by atoms with van der Waals surface area (Å²) in [6, 6.07) is 14.2. The van der Waals surface area contributed by atoms with Crippen LogP contribution in [-0.4, -0.2) is 20.0 Å². The average molecular weight is 453 g/mol. The van der Waals surface area contributed by atoms with Crippen molar-refractivity contribution in [1.29, 1.82) is 0 Å². The minimum atomic E-state index is -0.696. The van der Waals surface area contributed by atoms with Gasteiger partial charge in [-0.15, -0.1) is 0 Å². The second kappa shape index (κ2) is 8.39. The highest BCUT2D eigenvalue weighted by atomic mass is 35.5. The Morgan fingerprint density at radius 3 is 2.50 bits per heavy atom. The maximum absolute atomic E-state index is 13.4. The second-order valence-electron chi connectivity index (χ2n) is 7.30. The Morgan fingerprint density at radius 1 is 1.09 bits per heavy atom. The number of benzene rings is 2. The summed E-state index contributed by atoms with van der Waals surface area (Å²) < 4.78 is 15.5. The Bertz CT molecular complexity index is 1480. The number of para-hydroxylation sites is 1. The number of carbonyl (C=O) groups excluding carboxylic acids is 1. The third-order valence-electron chi connectivity index (χ3n) is 4.94. The molecule has 162 valence electrons. The van der Waals surface area contributed by atoms with Crippen LogP contribution in [0.1, 0.15) is 11.3 Å². The molecule has 32 heavy (non-hydrogen) atoms. The number of carbonyl (C=O) groups is 1. The Balaban J connectivity index is 1.86. The molecule has 0 aliphatic heterocycles. The van der Waals surface area contributed by atoms with E-state index >= 15 is 0 Å². The molecule has 1 amide bonds. The molecule has 1 N–H and O–H groups in total. The standard InChI is InChI=1S/C23H18ClFN4O3/c1-13-10-14(2)26-21-20(13)22(31)28(23(32)29(21)16-6-4-3-5-7-16)12-19(30)27-15-8-9-18(25)17(24)11-15/h3-11H,12H2,1-2H3,(H,27,30). The molecule has 0 unspecified atom stereocenters. The van der Waals surface area contributed by atoms with Gasteiger partial charge in [0.15, 0.2) is 5.65 Å². The molecule has 0 aliphatic carbocycles. The third-order valence-corrected chi connectivity index (χ3v) is 5.23. The largest absolute Gasteiger partial charge is 0.337 e. The monoisotopic (exact) mass is 452 g/mol. The van der Waals surface area contributed by atoms with Crippen LogP contribution in [0.2, 0.25) is 5.02 Å². The number of aryl methyl sites for hydroxylation is 2. The number of fused-ring (bicyclic) bond motifs is 1. The van der Waals surface area contributed by atoms with Gasteiger partial charge in [0.05, 0.1) is 16.1 Å². The number of pyridine rings is 1. The van der Waals surface area contributed by atoms with Gasteiger partial charge < -0.3 is 5.32 Å². The minimum absolute atomic E-state index is 0.158. The molecule has 0 aliphatic rings. The summed E-state index contributed by atoms with van der Waals surface area (Å²) in [6.07, 6.45) is 0. The third kappa shape index (κ3) is 3.92. The lowest BCUT2D eigenvalue weighted by molar-refractivity contribution is -0.116. The van der Waals surface area contributed by atoms with E-state index in [0.717, 1.165) is 10.6 Å². The minimum Gasteiger partial charge on any atom is -0.324 e. The van der Waals surface area contributed by atoms with Crippen molar-refractivity contribution in [3.8, 4) is 5.69 Å². The average Bonchev–Trinajstić information content (AvgIpc) is 2.74. The van der Waals surface area contributed by atoms with Crippen molar-refractivity contribution in [1.82, 2.24) is 14.1 Å². The molecule has 2 heterocycles. The SMILES string of the molecule is Cc1cc(C)c2c(=O)n(CC(=O)Nc3ccc(F)c(Cl)c3)c(=O)n(-c3ccccc3)c2n1. The van der Waals surface area contributed by atoms with Crippen molar-refractivity contribution in [2.45, 2.75) is 20.4 Å². The van der Waals surface area contributed by atoms with Crippen molar-refractivity contribution < 1.29 is 9.18 Å². The summed E-state index contributed by atoms with van der Waals surface area (Å²) in [5.41, 5.74) is 0.967. The number of rotatable bonds is 4. The van der Waals surface area contributed by atoms with E-state index in [1.165, 1.54) is 16.7 Å². The number of hydrogen-bond acceptors (Lipinski definition) is 4. The van der Waals surface area contributed by atoms with Crippen LogP contribution in [0.15, 0.2) is 64.2 Å². The molecule has 0 radical (unpaired) electrons. The molecule has 9 heteroatoms. The summed E-state index contributed by atoms with van der Waals surface area (Å²) in [4.78, 5) is 43.6. The molecule has 2 aromatic heterocycles. The van der Waals surface area contributed by atoms with Gasteiger partial charge in [0, 0.05) is 11.4 Å². The van der Waals surface area contributed by atoms with E-state index in [1.807, 2.05) is 0 Å². The van der Waals surface area contributed by atoms with Gasteiger partial charge in [0.25, 0.3) is 5.56 Å². The van der Waals surface area contributed by atoms with Gasteiger partial charge in [-0.3, -0.25) is 9.59 Å². The summed E-state index contributed by atoms with van der Waals surface area (Å²) in [7, 11) is 0. The van der Waals surface area contributed by atoms with E-state index in [1.54, 1.807) is 50.2 Å². The predicted molar refractivity (Wildman–Crippen MR) is 121 cm³/mol. The van der Waals surface area contributed by atoms with Crippen molar-refractivity contribution in [2.24, 2.45) is 0 Å². The highest BCUT2D eigenvalue weighted by Crippen LogP contribution is 2.20. The van der Waals surface area contributed by atoms with Crippen LogP contribution in [0.3, 0.4) is 0 Å². The van der Waals surface area contributed by atoms with Crippen LogP contribution in [0.25, 0.3) is 16.7 Å². The molecule has 7 nitrogen and oxygen atoms in total. The molecule has 0 fully saturated rings. The molecule has 4 rings (SSSR count). The molecule has 0 spiro atoms. The number of hydrogen-bond donors (Lipinski definition) is 1. The molecule has 0 saturated heterocycles. The number of amides is 1. The molecule has 4 aromatic rings. The first-order valence-corrected chi connectivity index (χ1v) is 10.1. The lowest BCUT2D eigenvalue weighted by atomic mass is 10.1. The number of halogens is 2. The molecule has 0 saturated carbocycles. The highest BCUT2D eigenvalue weighted by molar-refractivity contribution is 6.31. The molecular weight excluding hydrogens is 435 g/mol. The summed E-state index contributed by atoms with van der Waals surface area (Å²) in [5, 5.41) is 2.62. The van der Waals surface area contributed by atoms with Gasteiger partial charge >= 0.3 is 5.69 Å². The first-order chi connectivity index (χ1) is 15.3. The Morgan fingerprint density at radius 2 is 1.81 bits per heavy atom. The first kappa shape index (κ1) is 21.5. The summed E-state index contributed by atoms with van der Waals surface area (Å²) in [5.74, 6) is -1.26. The number of aromatic nitrogens is 3. The van der Waals surface area contributed by atoms with E-state index in [4.69, 9.17) is 11.6 Å². The van der Waals surface area contributed by atoms with E-state index in [9.17, 15) is 18.8 Å². The summed E-state index contributed by atoms with van der Waals surface area (Å²) in [6.45, 7) is 2.99. The maximum atomic E-state index is 13.4. The highest BCUT2D eigenvalue weighted by Gasteiger charge is 2.19. The molecule has 0 atom stereocenters.